The highest BCUT2D eigenvalue weighted by Crippen LogP contribution is 2.31. The Kier molecular flexibility index (Phi) is 8.46. The van der Waals surface area contributed by atoms with E-state index in [2.05, 4.69) is 14.7 Å². The second-order valence-electron chi connectivity index (χ2n) is 10.4. The van der Waals surface area contributed by atoms with Gasteiger partial charge in [-0.05, 0) is 38.5 Å². The summed E-state index contributed by atoms with van der Waals surface area (Å²) >= 11 is 0. The van der Waals surface area contributed by atoms with Crippen molar-refractivity contribution in [1.29, 1.82) is 0 Å². The van der Waals surface area contributed by atoms with E-state index in [4.69, 9.17) is 0 Å². The Morgan fingerprint density at radius 1 is 0.600 bits per heavy atom. The molecule has 0 aromatic heterocycles. The third kappa shape index (κ3) is 5.57. The van der Waals surface area contributed by atoms with E-state index in [1.54, 1.807) is 0 Å². The average Bonchev–Trinajstić information content (AvgIpc) is 2.77. The first-order chi connectivity index (χ1) is 14.6. The number of aliphatic hydroxyl groups excluding tert-OH is 3. The monoisotopic (exact) mass is 423 g/mol. The highest BCUT2D eigenvalue weighted by atomic mass is 16.3. The van der Waals surface area contributed by atoms with Crippen molar-refractivity contribution < 1.29 is 15.3 Å². The van der Waals surface area contributed by atoms with Crippen LogP contribution >= 0.6 is 0 Å². The van der Waals surface area contributed by atoms with Gasteiger partial charge in [-0.3, -0.25) is 14.7 Å². The maximum atomic E-state index is 10.7. The molecule has 3 saturated carbocycles. The number of hydrogen-bond acceptors (Lipinski definition) is 6. The van der Waals surface area contributed by atoms with Gasteiger partial charge < -0.3 is 15.3 Å². The molecule has 30 heavy (non-hydrogen) atoms. The van der Waals surface area contributed by atoms with Gasteiger partial charge in [-0.1, -0.05) is 38.5 Å². The molecule has 0 unspecified atom stereocenters. The third-order valence-corrected chi connectivity index (χ3v) is 8.48. The molecule has 1 aliphatic heterocycles. The summed E-state index contributed by atoms with van der Waals surface area (Å²) in [6.07, 6.45) is 12.5. The van der Waals surface area contributed by atoms with E-state index in [1.807, 2.05) is 0 Å². The molecular weight excluding hydrogens is 378 g/mol. The van der Waals surface area contributed by atoms with Crippen LogP contribution in [0.25, 0.3) is 0 Å². The third-order valence-electron chi connectivity index (χ3n) is 8.48. The van der Waals surface area contributed by atoms with Crippen LogP contribution in [0.15, 0.2) is 0 Å². The van der Waals surface area contributed by atoms with Crippen LogP contribution in [0.2, 0.25) is 0 Å². The summed E-state index contributed by atoms with van der Waals surface area (Å²) < 4.78 is 0. The first kappa shape index (κ1) is 22.9. The van der Waals surface area contributed by atoms with Gasteiger partial charge in [0.2, 0.25) is 0 Å². The summed E-state index contributed by atoms with van der Waals surface area (Å²) in [4.78, 5) is 7.59. The SMILES string of the molecule is O[C@@H]1CCCC[C@H]1N(CCN1CCN([C@H]2CCCC[C@@H]2O)CC1)[C@@H]1CCCC[C@H]1O. The van der Waals surface area contributed by atoms with Crippen molar-refractivity contribution in [3.8, 4) is 0 Å². The molecule has 6 nitrogen and oxygen atoms in total. The molecule has 0 aromatic carbocycles. The van der Waals surface area contributed by atoms with Crippen molar-refractivity contribution in [1.82, 2.24) is 14.7 Å². The molecule has 0 aromatic rings. The summed E-state index contributed by atoms with van der Waals surface area (Å²) in [7, 11) is 0. The van der Waals surface area contributed by atoms with Crippen molar-refractivity contribution in [3.63, 3.8) is 0 Å². The molecule has 3 N–H and O–H groups in total. The fourth-order valence-corrected chi connectivity index (χ4v) is 6.63. The number of piperazine rings is 1. The van der Waals surface area contributed by atoms with Crippen molar-refractivity contribution in [3.05, 3.63) is 0 Å². The van der Waals surface area contributed by atoms with Gasteiger partial charge in [-0.2, -0.15) is 0 Å². The Morgan fingerprint density at radius 3 is 1.63 bits per heavy atom. The van der Waals surface area contributed by atoms with E-state index in [9.17, 15) is 15.3 Å². The molecule has 4 aliphatic rings. The van der Waals surface area contributed by atoms with Crippen LogP contribution in [0.3, 0.4) is 0 Å². The Balaban J connectivity index is 1.31. The van der Waals surface area contributed by atoms with E-state index < -0.39 is 0 Å². The number of hydrogen-bond donors (Lipinski definition) is 3. The lowest BCUT2D eigenvalue weighted by molar-refractivity contribution is -0.0566. The molecule has 6 heteroatoms. The summed E-state index contributed by atoms with van der Waals surface area (Å²) in [5, 5.41) is 31.9. The van der Waals surface area contributed by atoms with Crippen molar-refractivity contribution >= 4 is 0 Å². The highest BCUT2D eigenvalue weighted by molar-refractivity contribution is 4.92. The molecule has 3 aliphatic carbocycles. The van der Waals surface area contributed by atoms with E-state index in [0.717, 1.165) is 90.6 Å². The lowest BCUT2D eigenvalue weighted by Crippen LogP contribution is -2.58. The van der Waals surface area contributed by atoms with E-state index in [1.165, 1.54) is 25.7 Å². The molecule has 0 radical (unpaired) electrons. The lowest BCUT2D eigenvalue weighted by atomic mass is 9.86. The summed E-state index contributed by atoms with van der Waals surface area (Å²) in [6, 6.07) is 0.803. The first-order valence-corrected chi connectivity index (χ1v) is 12.9. The summed E-state index contributed by atoms with van der Waals surface area (Å²) in [5.41, 5.74) is 0. The molecule has 0 spiro atoms. The molecule has 4 fully saturated rings. The number of nitrogens with zero attached hydrogens (tertiary/aromatic N) is 3. The maximum Gasteiger partial charge on any atom is 0.0695 e. The fraction of sp³-hybridized carbons (Fsp3) is 1.00. The van der Waals surface area contributed by atoms with Crippen LogP contribution in [0.5, 0.6) is 0 Å². The minimum Gasteiger partial charge on any atom is -0.391 e. The number of rotatable bonds is 6. The maximum absolute atomic E-state index is 10.7. The molecular formula is C24H45N3O3. The lowest BCUT2D eigenvalue weighted by Gasteiger charge is -2.47. The molecule has 6 atom stereocenters. The average molecular weight is 424 g/mol. The zero-order valence-electron chi connectivity index (χ0n) is 18.9. The normalized spacial score (nSPS) is 40.0. The fourth-order valence-electron chi connectivity index (χ4n) is 6.63. The van der Waals surface area contributed by atoms with Gasteiger partial charge in [-0.15, -0.1) is 0 Å². The van der Waals surface area contributed by atoms with Crippen molar-refractivity contribution in [2.45, 2.75) is 113 Å². The Labute approximate surface area is 183 Å². The van der Waals surface area contributed by atoms with E-state index in [-0.39, 0.29) is 30.4 Å². The molecule has 174 valence electrons. The van der Waals surface area contributed by atoms with Crippen LogP contribution in [-0.2, 0) is 0 Å². The van der Waals surface area contributed by atoms with Gasteiger partial charge in [0.15, 0.2) is 0 Å². The Morgan fingerprint density at radius 2 is 1.10 bits per heavy atom. The first-order valence-electron chi connectivity index (χ1n) is 12.9. The molecule has 4 rings (SSSR count). The van der Waals surface area contributed by atoms with Crippen LogP contribution in [-0.4, -0.2) is 106 Å². The second kappa shape index (κ2) is 11.1. The zero-order valence-corrected chi connectivity index (χ0v) is 18.9. The largest absolute Gasteiger partial charge is 0.391 e. The molecule has 1 heterocycles. The predicted octanol–water partition coefficient (Wildman–Crippen LogP) is 1.82. The van der Waals surface area contributed by atoms with Crippen LogP contribution in [0, 0.1) is 0 Å². The summed E-state index contributed by atoms with van der Waals surface area (Å²) in [5.74, 6) is 0. The number of aliphatic hydroxyl groups is 3. The molecule has 0 bridgehead atoms. The van der Waals surface area contributed by atoms with Crippen LogP contribution < -0.4 is 0 Å². The highest BCUT2D eigenvalue weighted by Gasteiger charge is 2.37. The molecule has 0 amide bonds. The second-order valence-corrected chi connectivity index (χ2v) is 10.4. The van der Waals surface area contributed by atoms with Crippen molar-refractivity contribution in [2.24, 2.45) is 0 Å². The van der Waals surface area contributed by atoms with Crippen LogP contribution in [0.4, 0.5) is 0 Å². The quantitative estimate of drug-likeness (QED) is 0.605. The Bertz CT molecular complexity index is 492. The van der Waals surface area contributed by atoms with Gasteiger partial charge in [0.05, 0.1) is 18.3 Å². The van der Waals surface area contributed by atoms with E-state index >= 15 is 0 Å². The van der Waals surface area contributed by atoms with Gasteiger partial charge in [0.25, 0.3) is 0 Å². The van der Waals surface area contributed by atoms with Gasteiger partial charge in [0, 0.05) is 57.4 Å². The van der Waals surface area contributed by atoms with Crippen LogP contribution in [0.1, 0.15) is 77.0 Å². The van der Waals surface area contributed by atoms with Gasteiger partial charge in [0.1, 0.15) is 0 Å². The van der Waals surface area contributed by atoms with Gasteiger partial charge in [-0.25, -0.2) is 0 Å². The molecule has 1 saturated heterocycles. The zero-order chi connectivity index (χ0) is 20.9. The van der Waals surface area contributed by atoms with Gasteiger partial charge >= 0.3 is 0 Å². The predicted molar refractivity (Wildman–Crippen MR) is 120 cm³/mol. The standard InChI is InChI=1S/C24H45N3O3/c28-22-10-4-1-7-19(22)26-16-13-25(14-17-26)15-18-27(20-8-2-5-11-23(20)29)21-9-3-6-12-24(21)30/h19-24,28-30H,1-18H2/t19-,20+,21+,22-,23+,24+/m0/s1. The smallest absolute Gasteiger partial charge is 0.0695 e. The van der Waals surface area contributed by atoms with Crippen molar-refractivity contribution in [2.75, 3.05) is 39.3 Å². The Hall–Kier alpha value is -0.240. The summed E-state index contributed by atoms with van der Waals surface area (Å²) in [6.45, 7) is 6.22. The topological polar surface area (TPSA) is 70.4 Å². The minimum absolute atomic E-state index is 0.138. The van der Waals surface area contributed by atoms with E-state index in [0.29, 0.717) is 6.04 Å². The minimum atomic E-state index is -0.238.